The molecule has 1 aromatic heterocycles. The molecule has 11 heteroatoms. The van der Waals surface area contributed by atoms with E-state index < -0.39 is 44.2 Å². The fraction of sp³-hybridized carbons (Fsp3) is 0.421. The Bertz CT molecular complexity index is 1020. The highest BCUT2D eigenvalue weighted by atomic mass is 31.2. The Morgan fingerprint density at radius 2 is 1.83 bits per heavy atom. The smallest absolute Gasteiger partial charge is 0.407 e. The summed E-state index contributed by atoms with van der Waals surface area (Å²) in [7, 11) is -3.93. The maximum atomic E-state index is 13.2. The number of hydrogen-bond donors (Lipinski definition) is 1. The van der Waals surface area contributed by atoms with Crippen LogP contribution in [-0.4, -0.2) is 28.7 Å². The third kappa shape index (κ3) is 6.69. The molecule has 0 aliphatic rings. The number of hydrogen-bond acceptors (Lipinski definition) is 8. The number of para-hydroxylation sites is 1. The van der Waals surface area contributed by atoms with Crippen molar-refractivity contribution < 1.29 is 27.9 Å². The van der Waals surface area contributed by atoms with Crippen molar-refractivity contribution in [3.63, 3.8) is 0 Å². The summed E-state index contributed by atoms with van der Waals surface area (Å²) in [5.74, 6) is -0.634. The van der Waals surface area contributed by atoms with Crippen LogP contribution in [0.2, 0.25) is 0 Å². The number of esters is 1. The Hall–Kier alpha value is -2.68. The quantitative estimate of drug-likeness (QED) is 0.340. The van der Waals surface area contributed by atoms with Crippen LogP contribution in [0.5, 0.6) is 5.75 Å². The lowest BCUT2D eigenvalue weighted by atomic mass is 10.2. The number of nitrogens with one attached hydrogen (secondary N) is 1. The lowest BCUT2D eigenvalue weighted by molar-refractivity contribution is -0.154. The Labute approximate surface area is 173 Å². The number of aromatic nitrogens is 2. The van der Waals surface area contributed by atoms with Gasteiger partial charge in [0.1, 0.15) is 12.0 Å². The summed E-state index contributed by atoms with van der Waals surface area (Å²) in [5.41, 5.74) is -0.869. The van der Waals surface area contributed by atoms with Gasteiger partial charge in [-0.05, 0) is 26.0 Å². The molecule has 2 atom stereocenters. The third-order valence-corrected chi connectivity index (χ3v) is 5.37. The standard InChI is InChI=1S/C19H25N2O8P/c1-13(2)18(23)26-11-28-30(25,29-16-8-6-5-7-9-16)12-27-15(4)21-10-14(3)17(22)20-19(21)24/h5-10,13,15H,11-12H2,1-4H3,(H,20,22,24). The van der Waals surface area contributed by atoms with Crippen LogP contribution < -0.4 is 15.8 Å². The van der Waals surface area contributed by atoms with E-state index in [2.05, 4.69) is 4.98 Å². The van der Waals surface area contributed by atoms with Gasteiger partial charge in [-0.15, -0.1) is 0 Å². The molecule has 1 heterocycles. The number of benzene rings is 1. The molecule has 30 heavy (non-hydrogen) atoms. The molecule has 2 rings (SSSR count). The molecule has 10 nitrogen and oxygen atoms in total. The van der Waals surface area contributed by atoms with E-state index in [1.165, 1.54) is 20.0 Å². The predicted octanol–water partition coefficient (Wildman–Crippen LogP) is 2.78. The molecule has 0 aliphatic carbocycles. The van der Waals surface area contributed by atoms with Gasteiger partial charge in [0, 0.05) is 11.8 Å². The average Bonchev–Trinajstić information content (AvgIpc) is 2.69. The van der Waals surface area contributed by atoms with E-state index in [-0.39, 0.29) is 11.7 Å². The number of aromatic amines is 1. The minimum atomic E-state index is -3.93. The molecule has 0 fully saturated rings. The highest BCUT2D eigenvalue weighted by Gasteiger charge is 2.29. The zero-order valence-electron chi connectivity index (χ0n) is 17.2. The molecule has 2 aromatic rings. The van der Waals surface area contributed by atoms with Crippen molar-refractivity contribution in [1.82, 2.24) is 9.55 Å². The lowest BCUT2D eigenvalue weighted by Crippen LogP contribution is -2.33. The zero-order chi connectivity index (χ0) is 22.3. The van der Waals surface area contributed by atoms with Crippen molar-refractivity contribution in [2.45, 2.75) is 33.9 Å². The minimum absolute atomic E-state index is 0.268. The summed E-state index contributed by atoms with van der Waals surface area (Å²) in [6, 6.07) is 8.28. The summed E-state index contributed by atoms with van der Waals surface area (Å²) in [5, 5.41) is 0. The Morgan fingerprint density at radius 3 is 2.47 bits per heavy atom. The monoisotopic (exact) mass is 440 g/mol. The van der Waals surface area contributed by atoms with Crippen LogP contribution in [0.4, 0.5) is 0 Å². The van der Waals surface area contributed by atoms with Crippen molar-refractivity contribution in [2.75, 3.05) is 13.1 Å². The number of nitrogens with zero attached hydrogens (tertiary/aromatic N) is 1. The van der Waals surface area contributed by atoms with Gasteiger partial charge in [-0.25, -0.2) is 9.36 Å². The molecule has 0 saturated heterocycles. The average molecular weight is 440 g/mol. The van der Waals surface area contributed by atoms with Crippen LogP contribution in [0, 0.1) is 12.8 Å². The number of rotatable bonds is 10. The Kier molecular flexibility index (Phi) is 8.16. The van der Waals surface area contributed by atoms with Crippen molar-refractivity contribution >= 4 is 13.6 Å². The third-order valence-electron chi connectivity index (χ3n) is 3.92. The summed E-state index contributed by atoms with van der Waals surface area (Å²) < 4.78 is 35.5. The van der Waals surface area contributed by atoms with Gasteiger partial charge in [0.15, 0.2) is 6.35 Å². The lowest BCUT2D eigenvalue weighted by Gasteiger charge is -2.22. The first kappa shape index (κ1) is 23.6. The fourth-order valence-electron chi connectivity index (χ4n) is 2.20. The normalized spacial score (nSPS) is 14.2. The minimum Gasteiger partial charge on any atom is -0.438 e. The number of ether oxygens (including phenoxy) is 2. The van der Waals surface area contributed by atoms with E-state index in [0.29, 0.717) is 5.56 Å². The molecule has 2 unspecified atom stereocenters. The Morgan fingerprint density at radius 1 is 1.17 bits per heavy atom. The molecule has 0 bridgehead atoms. The second kappa shape index (κ2) is 10.4. The van der Waals surface area contributed by atoms with Gasteiger partial charge in [0.2, 0.25) is 6.79 Å². The number of aryl methyl sites for hydroxylation is 1. The topological polar surface area (TPSA) is 126 Å². The largest absolute Gasteiger partial charge is 0.438 e. The first-order valence-corrected chi connectivity index (χ1v) is 10.9. The number of carbonyl (C=O) groups is 1. The molecule has 0 aliphatic heterocycles. The van der Waals surface area contributed by atoms with E-state index >= 15 is 0 Å². The molecule has 1 N–H and O–H groups in total. The van der Waals surface area contributed by atoms with Crippen LogP contribution >= 0.6 is 7.60 Å². The van der Waals surface area contributed by atoms with Crippen molar-refractivity contribution in [3.05, 3.63) is 62.9 Å². The van der Waals surface area contributed by atoms with Gasteiger partial charge in [0.05, 0.1) is 5.92 Å². The number of H-pyrrole nitrogens is 1. The summed E-state index contributed by atoms with van der Waals surface area (Å²) in [6.45, 7) is 5.78. The second-order valence-electron chi connectivity index (χ2n) is 6.75. The van der Waals surface area contributed by atoms with Crippen LogP contribution in [0.1, 0.15) is 32.6 Å². The highest BCUT2D eigenvalue weighted by Crippen LogP contribution is 2.48. The fourth-order valence-corrected chi connectivity index (χ4v) is 3.43. The number of carbonyl (C=O) groups excluding carboxylic acids is 1. The van der Waals surface area contributed by atoms with Gasteiger partial charge < -0.3 is 14.0 Å². The van der Waals surface area contributed by atoms with Gasteiger partial charge in [-0.1, -0.05) is 32.0 Å². The molecule has 1 aromatic carbocycles. The van der Waals surface area contributed by atoms with E-state index in [4.69, 9.17) is 18.5 Å². The van der Waals surface area contributed by atoms with Crippen LogP contribution in [0.15, 0.2) is 46.1 Å². The van der Waals surface area contributed by atoms with E-state index in [1.807, 2.05) is 0 Å². The van der Waals surface area contributed by atoms with E-state index in [9.17, 15) is 18.9 Å². The Balaban J connectivity index is 2.12. The van der Waals surface area contributed by atoms with Gasteiger partial charge >= 0.3 is 19.3 Å². The molecule has 0 spiro atoms. The molecule has 0 radical (unpaired) electrons. The summed E-state index contributed by atoms with van der Waals surface area (Å²) >= 11 is 0. The van der Waals surface area contributed by atoms with Crippen molar-refractivity contribution in [2.24, 2.45) is 5.92 Å². The maximum Gasteiger partial charge on any atom is 0.407 e. The highest BCUT2D eigenvalue weighted by molar-refractivity contribution is 7.54. The van der Waals surface area contributed by atoms with Crippen molar-refractivity contribution in [1.29, 1.82) is 0 Å². The van der Waals surface area contributed by atoms with Crippen LogP contribution in [0.25, 0.3) is 0 Å². The molecule has 0 amide bonds. The van der Waals surface area contributed by atoms with Crippen LogP contribution in [-0.2, 0) is 23.4 Å². The van der Waals surface area contributed by atoms with Gasteiger partial charge in [0.25, 0.3) is 5.56 Å². The molecular weight excluding hydrogens is 415 g/mol. The van der Waals surface area contributed by atoms with E-state index in [0.717, 1.165) is 4.57 Å². The van der Waals surface area contributed by atoms with Crippen molar-refractivity contribution in [3.8, 4) is 5.75 Å². The SMILES string of the molecule is Cc1cn(C(C)OCP(=O)(OCOC(=O)C(C)C)Oc2ccccc2)c(=O)[nH]c1=O. The second-order valence-corrected chi connectivity index (χ2v) is 8.67. The summed E-state index contributed by atoms with van der Waals surface area (Å²) in [4.78, 5) is 37.3. The zero-order valence-corrected chi connectivity index (χ0v) is 18.1. The molecular formula is C19H25N2O8P. The van der Waals surface area contributed by atoms with Gasteiger partial charge in [-0.2, -0.15) is 0 Å². The van der Waals surface area contributed by atoms with E-state index in [1.54, 1.807) is 44.2 Å². The first-order chi connectivity index (χ1) is 14.1. The van der Waals surface area contributed by atoms with Crippen LogP contribution in [0.3, 0.4) is 0 Å². The summed E-state index contributed by atoms with van der Waals surface area (Å²) in [6.07, 6.45) is -0.0879. The molecule has 164 valence electrons. The predicted molar refractivity (Wildman–Crippen MR) is 108 cm³/mol. The maximum absolute atomic E-state index is 13.2. The first-order valence-electron chi connectivity index (χ1n) is 9.20. The van der Waals surface area contributed by atoms with Gasteiger partial charge in [-0.3, -0.25) is 23.7 Å². The molecule has 0 saturated carbocycles.